The summed E-state index contributed by atoms with van der Waals surface area (Å²) in [6, 6.07) is 12.0. The number of para-hydroxylation sites is 2. The maximum absolute atomic E-state index is 12.5. The Labute approximate surface area is 139 Å². The Kier molecular flexibility index (Phi) is 4.41. The van der Waals surface area contributed by atoms with Gasteiger partial charge in [0, 0.05) is 12.7 Å². The van der Waals surface area contributed by atoms with Crippen LogP contribution in [0.2, 0.25) is 0 Å². The number of hydrogen-bond donors (Lipinski definition) is 1. The monoisotopic (exact) mass is 344 g/mol. The third-order valence-corrected chi connectivity index (χ3v) is 4.91. The van der Waals surface area contributed by atoms with Gasteiger partial charge in [-0.3, -0.25) is 9.78 Å². The lowest BCUT2D eigenvalue weighted by Gasteiger charge is -2.09. The normalized spacial score (nSPS) is 11.7. The van der Waals surface area contributed by atoms with Gasteiger partial charge in [0.25, 0.3) is 10.0 Å². The molecule has 0 saturated carbocycles. The predicted molar refractivity (Wildman–Crippen MR) is 89.2 cm³/mol. The Morgan fingerprint density at radius 3 is 2.62 bits per heavy atom. The van der Waals surface area contributed by atoms with Gasteiger partial charge in [0.1, 0.15) is 5.69 Å². The number of pyridine rings is 1. The number of nitrogens with one attached hydrogen (secondary N) is 1. The Morgan fingerprint density at radius 1 is 1.17 bits per heavy atom. The molecule has 124 valence electrons. The van der Waals surface area contributed by atoms with Crippen LogP contribution in [0, 0.1) is 0 Å². The Balaban J connectivity index is 2.10. The predicted octanol–water partition coefficient (Wildman–Crippen LogP) is 1.61. The summed E-state index contributed by atoms with van der Waals surface area (Å²) in [4.78, 5) is 20.7. The van der Waals surface area contributed by atoms with Crippen molar-refractivity contribution in [3.63, 3.8) is 0 Å². The molecule has 24 heavy (non-hydrogen) atoms. The van der Waals surface area contributed by atoms with Gasteiger partial charge in [-0.2, -0.15) is 0 Å². The third-order valence-electron chi connectivity index (χ3n) is 3.45. The molecule has 2 aromatic heterocycles. The Morgan fingerprint density at radius 2 is 1.92 bits per heavy atom. The van der Waals surface area contributed by atoms with Crippen molar-refractivity contribution in [3.8, 4) is 0 Å². The number of carbonyl (C=O) groups is 1. The number of hydrogen-bond acceptors (Lipinski definition) is 5. The number of imidazole rings is 1. The molecular formula is C16H16N4O3S. The van der Waals surface area contributed by atoms with Gasteiger partial charge in [-0.05, 0) is 24.3 Å². The molecule has 2 heterocycles. The van der Waals surface area contributed by atoms with Gasteiger partial charge in [0.05, 0.1) is 17.6 Å². The van der Waals surface area contributed by atoms with E-state index in [2.05, 4.69) is 14.7 Å². The second-order valence-corrected chi connectivity index (χ2v) is 6.77. The van der Waals surface area contributed by atoms with E-state index in [1.165, 1.54) is 10.8 Å². The lowest BCUT2D eigenvalue weighted by atomic mass is 10.2. The average molecular weight is 344 g/mol. The second-order valence-electron chi connectivity index (χ2n) is 5.11. The number of rotatable bonds is 6. The maximum atomic E-state index is 12.5. The SMILES string of the molecule is CCNS(=O)(=O)c1nc2ccccc2n1CC(=O)c1ccccn1. The lowest BCUT2D eigenvalue weighted by Crippen LogP contribution is -2.27. The van der Waals surface area contributed by atoms with Crippen LogP contribution in [-0.2, 0) is 16.6 Å². The molecule has 0 bridgehead atoms. The first-order chi connectivity index (χ1) is 11.5. The minimum Gasteiger partial charge on any atom is -0.306 e. The van der Waals surface area contributed by atoms with Crippen LogP contribution in [0.1, 0.15) is 17.4 Å². The summed E-state index contributed by atoms with van der Waals surface area (Å²) in [6.45, 7) is 1.76. The van der Waals surface area contributed by atoms with Gasteiger partial charge in [-0.25, -0.2) is 18.1 Å². The fourth-order valence-corrected chi connectivity index (χ4v) is 3.60. The largest absolute Gasteiger partial charge is 0.306 e. The summed E-state index contributed by atoms with van der Waals surface area (Å²) in [5.41, 5.74) is 1.38. The zero-order valence-electron chi connectivity index (χ0n) is 13.0. The molecule has 0 unspecified atom stereocenters. The van der Waals surface area contributed by atoms with E-state index in [9.17, 15) is 13.2 Å². The van der Waals surface area contributed by atoms with Gasteiger partial charge in [-0.15, -0.1) is 0 Å². The highest BCUT2D eigenvalue weighted by atomic mass is 32.2. The molecule has 1 aromatic carbocycles. The Hall–Kier alpha value is -2.58. The molecule has 0 radical (unpaired) electrons. The van der Waals surface area contributed by atoms with E-state index in [4.69, 9.17) is 0 Å². The van der Waals surface area contributed by atoms with Gasteiger partial charge in [-0.1, -0.05) is 25.1 Å². The first-order valence-corrected chi connectivity index (χ1v) is 8.90. The number of ketones is 1. The molecule has 0 saturated heterocycles. The van der Waals surface area contributed by atoms with Crippen molar-refractivity contribution in [3.05, 3.63) is 54.4 Å². The van der Waals surface area contributed by atoms with Crippen molar-refractivity contribution in [2.75, 3.05) is 6.54 Å². The summed E-state index contributed by atoms with van der Waals surface area (Å²) >= 11 is 0. The summed E-state index contributed by atoms with van der Waals surface area (Å²) in [5, 5.41) is -0.171. The number of nitrogens with zero attached hydrogens (tertiary/aromatic N) is 3. The number of fused-ring (bicyclic) bond motifs is 1. The molecule has 0 aliphatic rings. The molecule has 3 rings (SSSR count). The molecule has 0 amide bonds. The van der Waals surface area contributed by atoms with Crippen LogP contribution in [0.15, 0.2) is 53.8 Å². The van der Waals surface area contributed by atoms with Crippen LogP contribution in [0.25, 0.3) is 11.0 Å². The average Bonchev–Trinajstić information content (AvgIpc) is 2.95. The first-order valence-electron chi connectivity index (χ1n) is 7.42. The van der Waals surface area contributed by atoms with Crippen LogP contribution in [-0.4, -0.2) is 35.3 Å². The molecule has 8 heteroatoms. The van der Waals surface area contributed by atoms with Crippen molar-refractivity contribution < 1.29 is 13.2 Å². The lowest BCUT2D eigenvalue weighted by molar-refractivity contribution is 0.0965. The molecule has 7 nitrogen and oxygen atoms in total. The van der Waals surface area contributed by atoms with E-state index in [1.54, 1.807) is 49.4 Å². The highest BCUT2D eigenvalue weighted by Crippen LogP contribution is 2.20. The van der Waals surface area contributed by atoms with Crippen molar-refractivity contribution in [2.24, 2.45) is 0 Å². The second kappa shape index (κ2) is 6.50. The maximum Gasteiger partial charge on any atom is 0.274 e. The molecule has 0 aliphatic carbocycles. The van der Waals surface area contributed by atoms with Crippen molar-refractivity contribution in [1.82, 2.24) is 19.3 Å². The topological polar surface area (TPSA) is 94.0 Å². The molecule has 1 N–H and O–H groups in total. The summed E-state index contributed by atoms with van der Waals surface area (Å²) < 4.78 is 28.7. The van der Waals surface area contributed by atoms with Gasteiger partial charge in [0.2, 0.25) is 10.9 Å². The highest BCUT2D eigenvalue weighted by Gasteiger charge is 2.24. The zero-order valence-corrected chi connectivity index (χ0v) is 13.8. The summed E-state index contributed by atoms with van der Waals surface area (Å²) in [7, 11) is -3.80. The number of sulfonamides is 1. The number of Topliss-reactive ketones (excluding diaryl/α,β-unsaturated/α-hetero) is 1. The minimum absolute atomic E-state index is 0.155. The summed E-state index contributed by atoms with van der Waals surface area (Å²) in [5.74, 6) is -0.285. The molecular weight excluding hydrogens is 328 g/mol. The van der Waals surface area contributed by atoms with Gasteiger partial charge >= 0.3 is 0 Å². The molecule has 0 spiro atoms. The standard InChI is InChI=1S/C16H16N4O3S/c1-2-18-24(22,23)16-19-12-7-3-4-9-14(12)20(16)11-15(21)13-8-5-6-10-17-13/h3-10,18H,2,11H2,1H3. The number of aromatic nitrogens is 3. The van der Waals surface area contributed by atoms with Crippen LogP contribution >= 0.6 is 0 Å². The fourth-order valence-electron chi connectivity index (χ4n) is 2.42. The van der Waals surface area contributed by atoms with Gasteiger partial charge in [0.15, 0.2) is 0 Å². The number of carbonyl (C=O) groups excluding carboxylic acids is 1. The van der Waals surface area contributed by atoms with Crippen LogP contribution in [0.5, 0.6) is 0 Å². The van der Waals surface area contributed by atoms with Gasteiger partial charge < -0.3 is 4.57 Å². The molecule has 0 aliphatic heterocycles. The highest BCUT2D eigenvalue weighted by molar-refractivity contribution is 7.89. The molecule has 3 aromatic rings. The molecule has 0 atom stereocenters. The minimum atomic E-state index is -3.80. The number of benzene rings is 1. The van der Waals surface area contributed by atoms with E-state index in [0.29, 0.717) is 11.0 Å². The van der Waals surface area contributed by atoms with E-state index in [0.717, 1.165) is 0 Å². The fraction of sp³-hybridized carbons (Fsp3) is 0.188. The van der Waals surface area contributed by atoms with Crippen LogP contribution < -0.4 is 4.72 Å². The zero-order chi connectivity index (χ0) is 17.2. The smallest absolute Gasteiger partial charge is 0.274 e. The first kappa shape index (κ1) is 16.3. The van der Waals surface area contributed by atoms with Crippen molar-refractivity contribution in [1.29, 1.82) is 0 Å². The Bertz CT molecular complexity index is 981. The molecule has 0 fully saturated rings. The quantitative estimate of drug-likeness (QED) is 0.686. The van der Waals surface area contributed by atoms with E-state index in [1.807, 2.05) is 0 Å². The third kappa shape index (κ3) is 3.06. The van der Waals surface area contributed by atoms with E-state index < -0.39 is 10.0 Å². The van der Waals surface area contributed by atoms with Crippen LogP contribution in [0.3, 0.4) is 0 Å². The van der Waals surface area contributed by atoms with Crippen LogP contribution in [0.4, 0.5) is 0 Å². The van der Waals surface area contributed by atoms with Crippen molar-refractivity contribution >= 4 is 26.8 Å². The summed E-state index contributed by atoms with van der Waals surface area (Å²) in [6.07, 6.45) is 1.52. The van der Waals surface area contributed by atoms with Crippen molar-refractivity contribution in [2.45, 2.75) is 18.6 Å². The van der Waals surface area contributed by atoms with E-state index in [-0.39, 0.29) is 29.7 Å². The van der Waals surface area contributed by atoms with E-state index >= 15 is 0 Å².